The number of nitrogens with one attached hydrogen (secondary N) is 2. The molecular weight excluding hydrogens is 276 g/mol. The van der Waals surface area contributed by atoms with E-state index in [0.717, 1.165) is 24.0 Å². The molecule has 1 aliphatic rings. The third-order valence-corrected chi connectivity index (χ3v) is 4.11. The van der Waals surface area contributed by atoms with Gasteiger partial charge < -0.3 is 10.6 Å². The van der Waals surface area contributed by atoms with Crippen molar-refractivity contribution in [2.24, 2.45) is 0 Å². The first-order chi connectivity index (χ1) is 10.6. The lowest BCUT2D eigenvalue weighted by atomic mass is 10.1. The van der Waals surface area contributed by atoms with Gasteiger partial charge in [-0.25, -0.2) is 0 Å². The second-order valence-corrected chi connectivity index (χ2v) is 6.20. The molecule has 2 rings (SSSR count). The van der Waals surface area contributed by atoms with E-state index in [4.69, 9.17) is 0 Å². The number of hydrogen-bond donors (Lipinski definition) is 2. The topological polar surface area (TPSA) is 58.2 Å². The number of hydrogen-bond acceptors (Lipinski definition) is 2. The maximum absolute atomic E-state index is 11.9. The molecule has 1 aliphatic carbocycles. The van der Waals surface area contributed by atoms with Crippen LogP contribution in [0.25, 0.3) is 0 Å². The van der Waals surface area contributed by atoms with Crippen LogP contribution in [0.1, 0.15) is 56.1 Å². The van der Waals surface area contributed by atoms with Crippen LogP contribution in [-0.4, -0.2) is 17.9 Å². The van der Waals surface area contributed by atoms with Gasteiger partial charge in [-0.2, -0.15) is 0 Å². The summed E-state index contributed by atoms with van der Waals surface area (Å²) in [5.41, 5.74) is 2.22. The van der Waals surface area contributed by atoms with Gasteiger partial charge in [0.15, 0.2) is 0 Å². The summed E-state index contributed by atoms with van der Waals surface area (Å²) < 4.78 is 0. The summed E-state index contributed by atoms with van der Waals surface area (Å²) in [5.74, 6) is -0.374. The van der Waals surface area contributed by atoms with Crippen molar-refractivity contribution in [3.63, 3.8) is 0 Å². The highest BCUT2D eigenvalue weighted by Crippen LogP contribution is 2.17. The van der Waals surface area contributed by atoms with Crippen LogP contribution in [0, 0.1) is 6.92 Å². The first kappa shape index (κ1) is 16.5. The van der Waals surface area contributed by atoms with E-state index < -0.39 is 0 Å². The summed E-state index contributed by atoms with van der Waals surface area (Å²) in [6, 6.07) is 8.24. The van der Waals surface area contributed by atoms with Crippen LogP contribution in [0.15, 0.2) is 24.3 Å². The third-order valence-electron chi connectivity index (χ3n) is 4.11. The molecule has 120 valence electrons. The molecule has 4 heteroatoms. The van der Waals surface area contributed by atoms with E-state index in [1.165, 1.54) is 25.7 Å². The van der Waals surface area contributed by atoms with Gasteiger partial charge in [-0.05, 0) is 25.3 Å². The normalized spacial score (nSPS) is 15.9. The molecule has 0 heterocycles. The third kappa shape index (κ3) is 5.88. The van der Waals surface area contributed by atoms with Gasteiger partial charge in [-0.15, -0.1) is 0 Å². The summed E-state index contributed by atoms with van der Waals surface area (Å²) in [6.07, 6.45) is 6.84. The van der Waals surface area contributed by atoms with Crippen molar-refractivity contribution in [1.29, 1.82) is 0 Å². The lowest BCUT2D eigenvalue weighted by Gasteiger charge is -2.16. The average Bonchev–Trinajstić information content (AvgIpc) is 2.74. The maximum Gasteiger partial charge on any atom is 0.229 e. The number of carbonyl (C=O) groups is 2. The lowest BCUT2D eigenvalue weighted by Crippen LogP contribution is -2.37. The summed E-state index contributed by atoms with van der Waals surface area (Å²) >= 11 is 0. The van der Waals surface area contributed by atoms with Crippen LogP contribution < -0.4 is 10.6 Å². The summed E-state index contributed by atoms with van der Waals surface area (Å²) in [7, 11) is 0. The SMILES string of the molecule is Cc1cccc(CNC(=O)CC(=O)NC2CCCCCC2)c1. The second-order valence-electron chi connectivity index (χ2n) is 6.20. The Morgan fingerprint density at radius 2 is 1.82 bits per heavy atom. The van der Waals surface area contributed by atoms with Crippen LogP contribution in [0.2, 0.25) is 0 Å². The van der Waals surface area contributed by atoms with Crippen LogP contribution in [-0.2, 0) is 16.1 Å². The molecule has 0 aliphatic heterocycles. The Bertz CT molecular complexity index is 506. The number of benzene rings is 1. The first-order valence-electron chi connectivity index (χ1n) is 8.25. The van der Waals surface area contributed by atoms with Crippen molar-refractivity contribution in [3.05, 3.63) is 35.4 Å². The van der Waals surface area contributed by atoms with Crippen molar-refractivity contribution in [2.75, 3.05) is 0 Å². The molecule has 0 saturated heterocycles. The maximum atomic E-state index is 11.9. The number of amides is 2. The first-order valence-corrected chi connectivity index (χ1v) is 8.25. The molecule has 0 bridgehead atoms. The Kier molecular flexibility index (Phi) is 6.44. The molecule has 1 aromatic carbocycles. The number of carbonyl (C=O) groups excluding carboxylic acids is 2. The minimum Gasteiger partial charge on any atom is -0.353 e. The van der Waals surface area contributed by atoms with E-state index in [0.29, 0.717) is 6.54 Å². The van der Waals surface area contributed by atoms with E-state index in [1.54, 1.807) is 0 Å². The molecule has 1 aromatic rings. The molecule has 1 fully saturated rings. The lowest BCUT2D eigenvalue weighted by molar-refractivity contribution is -0.129. The smallest absolute Gasteiger partial charge is 0.229 e. The van der Waals surface area contributed by atoms with Crippen molar-refractivity contribution in [2.45, 2.75) is 64.5 Å². The molecule has 22 heavy (non-hydrogen) atoms. The highest BCUT2D eigenvalue weighted by atomic mass is 16.2. The standard InChI is InChI=1S/C18H26N2O2/c1-14-7-6-8-15(11-14)13-19-17(21)12-18(22)20-16-9-4-2-3-5-10-16/h6-8,11,16H,2-5,9-10,12-13H2,1H3,(H,19,21)(H,20,22). The van der Waals surface area contributed by atoms with Crippen LogP contribution in [0.5, 0.6) is 0 Å². The van der Waals surface area contributed by atoms with Crippen LogP contribution in [0.3, 0.4) is 0 Å². The summed E-state index contributed by atoms with van der Waals surface area (Å²) in [5, 5.41) is 5.80. The molecule has 0 atom stereocenters. The van der Waals surface area contributed by atoms with Crippen molar-refractivity contribution in [1.82, 2.24) is 10.6 Å². The minimum atomic E-state index is -0.215. The van der Waals surface area contributed by atoms with E-state index >= 15 is 0 Å². The molecule has 2 N–H and O–H groups in total. The second kappa shape index (κ2) is 8.57. The molecule has 0 unspecified atom stereocenters. The number of rotatable bonds is 5. The Labute approximate surface area is 132 Å². The fraction of sp³-hybridized carbons (Fsp3) is 0.556. The van der Waals surface area contributed by atoms with Gasteiger partial charge >= 0.3 is 0 Å². The molecule has 0 aromatic heterocycles. The zero-order chi connectivity index (χ0) is 15.8. The zero-order valence-corrected chi connectivity index (χ0v) is 13.4. The largest absolute Gasteiger partial charge is 0.353 e. The van der Waals surface area contributed by atoms with Gasteiger partial charge in [-0.3, -0.25) is 9.59 Å². The summed E-state index contributed by atoms with van der Waals surface area (Å²) in [4.78, 5) is 23.8. The Hall–Kier alpha value is -1.84. The highest BCUT2D eigenvalue weighted by molar-refractivity contribution is 5.96. The molecular formula is C18H26N2O2. The average molecular weight is 302 g/mol. The minimum absolute atomic E-state index is 0.0810. The van der Waals surface area contributed by atoms with Gasteiger partial charge in [0.1, 0.15) is 6.42 Å². The van der Waals surface area contributed by atoms with Gasteiger partial charge in [0.2, 0.25) is 11.8 Å². The van der Waals surface area contributed by atoms with E-state index in [9.17, 15) is 9.59 Å². The van der Waals surface area contributed by atoms with Crippen LogP contribution in [0.4, 0.5) is 0 Å². The van der Waals surface area contributed by atoms with Gasteiger partial charge in [0.25, 0.3) is 0 Å². The van der Waals surface area contributed by atoms with Gasteiger partial charge in [0, 0.05) is 12.6 Å². The van der Waals surface area contributed by atoms with E-state index in [-0.39, 0.29) is 24.3 Å². The van der Waals surface area contributed by atoms with Crippen molar-refractivity contribution < 1.29 is 9.59 Å². The van der Waals surface area contributed by atoms with Crippen molar-refractivity contribution >= 4 is 11.8 Å². The van der Waals surface area contributed by atoms with Gasteiger partial charge in [0.05, 0.1) is 0 Å². The Balaban J connectivity index is 1.70. The fourth-order valence-corrected chi connectivity index (χ4v) is 2.93. The van der Waals surface area contributed by atoms with E-state index in [1.807, 2.05) is 31.2 Å². The predicted octanol–water partition coefficient (Wildman–Crippen LogP) is 2.84. The summed E-state index contributed by atoms with van der Waals surface area (Å²) in [6.45, 7) is 2.49. The molecule has 4 nitrogen and oxygen atoms in total. The number of aryl methyl sites for hydroxylation is 1. The molecule has 1 saturated carbocycles. The van der Waals surface area contributed by atoms with Gasteiger partial charge in [-0.1, -0.05) is 55.5 Å². The Morgan fingerprint density at radius 3 is 2.50 bits per heavy atom. The monoisotopic (exact) mass is 302 g/mol. The van der Waals surface area contributed by atoms with Crippen LogP contribution >= 0.6 is 0 Å². The van der Waals surface area contributed by atoms with E-state index in [2.05, 4.69) is 10.6 Å². The van der Waals surface area contributed by atoms with Crippen molar-refractivity contribution in [3.8, 4) is 0 Å². The quantitative estimate of drug-likeness (QED) is 0.649. The molecule has 0 spiro atoms. The zero-order valence-electron chi connectivity index (χ0n) is 13.4. The molecule has 0 radical (unpaired) electrons. The molecule has 2 amide bonds. The fourth-order valence-electron chi connectivity index (χ4n) is 2.93. The Morgan fingerprint density at radius 1 is 1.09 bits per heavy atom. The predicted molar refractivity (Wildman–Crippen MR) is 87.3 cm³/mol. The highest BCUT2D eigenvalue weighted by Gasteiger charge is 2.16.